The van der Waals surface area contributed by atoms with E-state index in [1.807, 2.05) is 13.8 Å². The SMILES string of the molecule is C[C](C)C([C@H]1CCCNC1)N(N)C(=O)O. The van der Waals surface area contributed by atoms with Crippen molar-refractivity contribution in [2.45, 2.75) is 32.7 Å². The van der Waals surface area contributed by atoms with Crippen LogP contribution >= 0.6 is 0 Å². The minimum Gasteiger partial charge on any atom is -0.464 e. The highest BCUT2D eigenvalue weighted by atomic mass is 16.4. The number of carbonyl (C=O) groups is 1. The van der Waals surface area contributed by atoms with Gasteiger partial charge in [0.25, 0.3) is 0 Å². The summed E-state index contributed by atoms with van der Waals surface area (Å²) in [7, 11) is 0. The number of piperidine rings is 1. The molecule has 0 spiro atoms. The van der Waals surface area contributed by atoms with Crippen molar-refractivity contribution in [1.29, 1.82) is 0 Å². The molecule has 1 heterocycles. The molecule has 0 bridgehead atoms. The molecular formula is C10H20N3O2. The van der Waals surface area contributed by atoms with E-state index < -0.39 is 6.09 Å². The fourth-order valence-electron chi connectivity index (χ4n) is 2.24. The van der Waals surface area contributed by atoms with Crippen molar-refractivity contribution in [1.82, 2.24) is 10.3 Å². The van der Waals surface area contributed by atoms with Crippen LogP contribution in [-0.2, 0) is 0 Å². The first kappa shape index (κ1) is 12.3. The Morgan fingerprint density at radius 1 is 1.60 bits per heavy atom. The van der Waals surface area contributed by atoms with E-state index in [1.54, 1.807) is 0 Å². The molecular weight excluding hydrogens is 194 g/mol. The van der Waals surface area contributed by atoms with Gasteiger partial charge in [0.2, 0.25) is 0 Å². The van der Waals surface area contributed by atoms with Gasteiger partial charge in [-0.05, 0) is 31.2 Å². The van der Waals surface area contributed by atoms with Crippen LogP contribution in [0.2, 0.25) is 0 Å². The lowest BCUT2D eigenvalue weighted by atomic mass is 9.85. The zero-order valence-corrected chi connectivity index (χ0v) is 9.36. The second-order valence-corrected chi connectivity index (χ2v) is 4.32. The van der Waals surface area contributed by atoms with Gasteiger partial charge in [-0.1, -0.05) is 13.8 Å². The van der Waals surface area contributed by atoms with Crippen molar-refractivity contribution in [2.75, 3.05) is 13.1 Å². The summed E-state index contributed by atoms with van der Waals surface area (Å²) in [6.07, 6.45) is 1.05. The second-order valence-electron chi connectivity index (χ2n) is 4.32. The molecule has 1 saturated heterocycles. The summed E-state index contributed by atoms with van der Waals surface area (Å²) < 4.78 is 0. The van der Waals surface area contributed by atoms with E-state index in [0.29, 0.717) is 5.92 Å². The number of hydrogen-bond acceptors (Lipinski definition) is 3. The quantitative estimate of drug-likeness (QED) is 0.369. The van der Waals surface area contributed by atoms with E-state index in [1.165, 1.54) is 0 Å². The molecule has 1 aliphatic rings. The van der Waals surface area contributed by atoms with E-state index >= 15 is 0 Å². The summed E-state index contributed by atoms with van der Waals surface area (Å²) in [6.45, 7) is 5.73. The molecule has 1 radical (unpaired) electrons. The van der Waals surface area contributed by atoms with Crippen LogP contribution < -0.4 is 11.2 Å². The van der Waals surface area contributed by atoms with Gasteiger partial charge in [0, 0.05) is 6.54 Å². The van der Waals surface area contributed by atoms with Crippen molar-refractivity contribution in [3.8, 4) is 0 Å². The molecule has 2 atom stereocenters. The highest BCUT2D eigenvalue weighted by Crippen LogP contribution is 2.24. The average molecular weight is 214 g/mol. The fraction of sp³-hybridized carbons (Fsp3) is 0.800. The summed E-state index contributed by atoms with van der Waals surface area (Å²) in [5.41, 5.74) is 0. The van der Waals surface area contributed by atoms with Gasteiger partial charge < -0.3 is 10.4 Å². The zero-order valence-electron chi connectivity index (χ0n) is 9.36. The van der Waals surface area contributed by atoms with Gasteiger partial charge in [-0.3, -0.25) is 0 Å². The summed E-state index contributed by atoms with van der Waals surface area (Å²) in [6, 6.07) is -0.171. The Morgan fingerprint density at radius 3 is 2.67 bits per heavy atom. The number of hydrogen-bond donors (Lipinski definition) is 3. The lowest BCUT2D eigenvalue weighted by Crippen LogP contribution is -2.53. The van der Waals surface area contributed by atoms with E-state index in [2.05, 4.69) is 5.32 Å². The second kappa shape index (κ2) is 5.32. The Balaban J connectivity index is 2.67. The summed E-state index contributed by atoms with van der Waals surface area (Å²) in [5, 5.41) is 13.1. The molecule has 1 amide bonds. The van der Waals surface area contributed by atoms with Crippen molar-refractivity contribution in [3.63, 3.8) is 0 Å². The topological polar surface area (TPSA) is 78.6 Å². The molecule has 1 fully saturated rings. The van der Waals surface area contributed by atoms with E-state index in [4.69, 9.17) is 10.9 Å². The van der Waals surface area contributed by atoms with E-state index in [0.717, 1.165) is 36.9 Å². The molecule has 1 rings (SSSR count). The first-order valence-electron chi connectivity index (χ1n) is 5.31. The maximum Gasteiger partial charge on any atom is 0.421 e. The normalized spacial score (nSPS) is 23.9. The highest BCUT2D eigenvalue weighted by Gasteiger charge is 2.32. The summed E-state index contributed by atoms with van der Waals surface area (Å²) in [4.78, 5) is 10.9. The largest absolute Gasteiger partial charge is 0.464 e. The Kier molecular flexibility index (Phi) is 4.35. The van der Waals surface area contributed by atoms with Gasteiger partial charge in [0.1, 0.15) is 0 Å². The number of amides is 1. The Labute approximate surface area is 90.6 Å². The minimum absolute atomic E-state index is 0.171. The molecule has 15 heavy (non-hydrogen) atoms. The van der Waals surface area contributed by atoms with Gasteiger partial charge >= 0.3 is 6.09 Å². The maximum atomic E-state index is 10.9. The van der Waals surface area contributed by atoms with Crippen molar-refractivity contribution >= 4 is 6.09 Å². The average Bonchev–Trinajstić information content (AvgIpc) is 2.18. The molecule has 0 saturated carbocycles. The molecule has 0 aromatic rings. The number of rotatable bonds is 3. The van der Waals surface area contributed by atoms with Crippen LogP contribution in [0.4, 0.5) is 4.79 Å². The lowest BCUT2D eigenvalue weighted by Gasteiger charge is -2.37. The Hall–Kier alpha value is -0.810. The highest BCUT2D eigenvalue weighted by molar-refractivity contribution is 5.65. The van der Waals surface area contributed by atoms with Crippen molar-refractivity contribution < 1.29 is 9.90 Å². The van der Waals surface area contributed by atoms with Crippen LogP contribution in [0.25, 0.3) is 0 Å². The smallest absolute Gasteiger partial charge is 0.421 e. The maximum absolute atomic E-state index is 10.9. The predicted molar refractivity (Wildman–Crippen MR) is 58.0 cm³/mol. The van der Waals surface area contributed by atoms with Crippen molar-refractivity contribution in [2.24, 2.45) is 11.8 Å². The molecule has 5 heteroatoms. The number of hydrazine groups is 1. The third-order valence-corrected chi connectivity index (χ3v) is 2.89. The summed E-state index contributed by atoms with van der Waals surface area (Å²) in [5.74, 6) is 6.92. The Morgan fingerprint density at radius 2 is 2.27 bits per heavy atom. The number of nitrogens with two attached hydrogens (primary N) is 1. The van der Waals surface area contributed by atoms with Crippen LogP contribution in [0.5, 0.6) is 0 Å². The third-order valence-electron chi connectivity index (χ3n) is 2.89. The van der Waals surface area contributed by atoms with Gasteiger partial charge in [-0.15, -0.1) is 0 Å². The third kappa shape index (κ3) is 3.07. The molecule has 0 aromatic carbocycles. The minimum atomic E-state index is -1.06. The standard InChI is InChI=1S/C10H20N3O2/c1-7(2)9(13(11)10(14)15)8-4-3-5-12-6-8/h8-9,12H,3-6,11H2,1-2H3,(H,14,15)/t8-,9?/m0/s1. The fourth-order valence-corrected chi connectivity index (χ4v) is 2.24. The van der Waals surface area contributed by atoms with Crippen LogP contribution in [0.1, 0.15) is 26.7 Å². The van der Waals surface area contributed by atoms with Crippen molar-refractivity contribution in [3.05, 3.63) is 5.92 Å². The molecule has 1 aliphatic heterocycles. The van der Waals surface area contributed by atoms with E-state index in [9.17, 15) is 4.79 Å². The van der Waals surface area contributed by atoms with Gasteiger partial charge in [0.15, 0.2) is 0 Å². The van der Waals surface area contributed by atoms with Gasteiger partial charge in [-0.25, -0.2) is 15.6 Å². The molecule has 87 valence electrons. The van der Waals surface area contributed by atoms with Crippen LogP contribution in [0, 0.1) is 11.8 Å². The first-order chi connectivity index (χ1) is 7.04. The first-order valence-corrected chi connectivity index (χ1v) is 5.31. The molecule has 4 N–H and O–H groups in total. The van der Waals surface area contributed by atoms with Gasteiger partial charge in [0.05, 0.1) is 6.04 Å². The Bertz CT molecular complexity index is 215. The predicted octanol–water partition coefficient (Wildman–Crippen LogP) is 0.823. The van der Waals surface area contributed by atoms with Crippen LogP contribution in [-0.4, -0.2) is 35.3 Å². The summed E-state index contributed by atoms with van der Waals surface area (Å²) >= 11 is 0. The number of carboxylic acid groups (broad SMARTS) is 1. The van der Waals surface area contributed by atoms with Crippen LogP contribution in [0.3, 0.4) is 0 Å². The zero-order chi connectivity index (χ0) is 11.4. The monoisotopic (exact) mass is 214 g/mol. The molecule has 0 aliphatic carbocycles. The molecule has 1 unspecified atom stereocenters. The molecule has 5 nitrogen and oxygen atoms in total. The lowest BCUT2D eigenvalue weighted by molar-refractivity contribution is 0.102. The number of nitrogens with zero attached hydrogens (tertiary/aromatic N) is 1. The van der Waals surface area contributed by atoms with Gasteiger partial charge in [-0.2, -0.15) is 0 Å². The van der Waals surface area contributed by atoms with E-state index in [-0.39, 0.29) is 6.04 Å². The number of nitrogens with one attached hydrogen (secondary N) is 1. The molecule has 0 aromatic heterocycles. The van der Waals surface area contributed by atoms with Crippen LogP contribution in [0.15, 0.2) is 0 Å².